The van der Waals surface area contributed by atoms with E-state index >= 15 is 0 Å². The highest BCUT2D eigenvalue weighted by Crippen LogP contribution is 2.21. The van der Waals surface area contributed by atoms with Crippen LogP contribution in [-0.2, 0) is 19.5 Å². The fourth-order valence-electron chi connectivity index (χ4n) is 3.71. The van der Waals surface area contributed by atoms with E-state index in [1.54, 1.807) is 19.1 Å². The van der Waals surface area contributed by atoms with E-state index < -0.39 is 0 Å². The van der Waals surface area contributed by atoms with Crippen LogP contribution in [0.3, 0.4) is 0 Å². The molecule has 4 rings (SSSR count). The van der Waals surface area contributed by atoms with Crippen molar-refractivity contribution >= 4 is 5.91 Å². The van der Waals surface area contributed by atoms with Gasteiger partial charge in [0.2, 0.25) is 0 Å². The summed E-state index contributed by atoms with van der Waals surface area (Å²) in [6.07, 6.45) is 2.28. The molecule has 0 spiro atoms. The lowest BCUT2D eigenvalue weighted by molar-refractivity contribution is 0.0936. The molecule has 3 aromatic rings. The summed E-state index contributed by atoms with van der Waals surface area (Å²) in [5.41, 5.74) is 1.45. The predicted octanol–water partition coefficient (Wildman–Crippen LogP) is 2.43. The highest BCUT2D eigenvalue weighted by molar-refractivity contribution is 5.95. The average molecular weight is 395 g/mol. The molecule has 1 unspecified atom stereocenters. The van der Waals surface area contributed by atoms with E-state index in [0.717, 1.165) is 43.3 Å². The van der Waals surface area contributed by atoms with Crippen molar-refractivity contribution in [1.82, 2.24) is 25.0 Å². The van der Waals surface area contributed by atoms with Crippen LogP contribution < -0.4 is 5.32 Å². The van der Waals surface area contributed by atoms with Crippen molar-refractivity contribution in [2.45, 2.75) is 39.4 Å². The van der Waals surface area contributed by atoms with E-state index in [0.29, 0.717) is 23.6 Å². The Hall–Kier alpha value is -3.13. The molecule has 0 bridgehead atoms. The van der Waals surface area contributed by atoms with Crippen molar-refractivity contribution in [1.29, 1.82) is 0 Å². The second kappa shape index (κ2) is 8.08. The molecule has 0 fully saturated rings. The third-order valence-electron chi connectivity index (χ3n) is 5.37. The third kappa shape index (κ3) is 4.02. The van der Waals surface area contributed by atoms with Crippen LogP contribution in [0, 0.1) is 6.92 Å². The second-order valence-electron chi connectivity index (χ2n) is 7.37. The van der Waals surface area contributed by atoms with Crippen molar-refractivity contribution in [3.8, 4) is 5.75 Å². The first-order chi connectivity index (χ1) is 14.0. The standard InChI is InChI=1S/C21H25N5O3/c1-14(22-21(28)17-8-12-29-15(17)2)20-24-23-19-7-9-25(10-11-26(19)20)13-16-5-3-4-6-18(16)27/h3-6,8,12,14,27H,7,9-11,13H2,1-2H3,(H,22,28). The lowest BCUT2D eigenvalue weighted by Gasteiger charge is -2.20. The smallest absolute Gasteiger partial charge is 0.255 e. The molecule has 3 heterocycles. The SMILES string of the molecule is Cc1occc1C(=O)NC(C)c1nnc2n1CCN(Cc1ccccc1O)CC2. The zero-order valence-electron chi connectivity index (χ0n) is 16.6. The van der Waals surface area contributed by atoms with Crippen LogP contribution in [0.4, 0.5) is 0 Å². The largest absolute Gasteiger partial charge is 0.508 e. The van der Waals surface area contributed by atoms with E-state index in [9.17, 15) is 9.90 Å². The van der Waals surface area contributed by atoms with Gasteiger partial charge in [-0.25, -0.2) is 0 Å². The fourth-order valence-corrected chi connectivity index (χ4v) is 3.71. The van der Waals surface area contributed by atoms with Crippen molar-refractivity contribution in [3.05, 3.63) is 65.1 Å². The van der Waals surface area contributed by atoms with E-state index in [4.69, 9.17) is 4.42 Å². The van der Waals surface area contributed by atoms with E-state index in [1.807, 2.05) is 25.1 Å². The topological polar surface area (TPSA) is 96.4 Å². The lowest BCUT2D eigenvalue weighted by atomic mass is 10.2. The van der Waals surface area contributed by atoms with Crippen molar-refractivity contribution in [2.24, 2.45) is 0 Å². The number of phenolic OH excluding ortho intramolecular Hbond substituents is 1. The number of aromatic hydroxyl groups is 1. The van der Waals surface area contributed by atoms with Gasteiger partial charge in [-0.3, -0.25) is 9.69 Å². The number of amides is 1. The highest BCUT2D eigenvalue weighted by Gasteiger charge is 2.24. The van der Waals surface area contributed by atoms with E-state index in [-0.39, 0.29) is 11.9 Å². The number of carbonyl (C=O) groups excluding carboxylic acids is 1. The zero-order valence-corrected chi connectivity index (χ0v) is 16.6. The minimum Gasteiger partial charge on any atom is -0.508 e. The van der Waals surface area contributed by atoms with Gasteiger partial charge >= 0.3 is 0 Å². The maximum atomic E-state index is 12.5. The fraction of sp³-hybridized carbons (Fsp3) is 0.381. The number of benzene rings is 1. The minimum atomic E-state index is -0.275. The van der Waals surface area contributed by atoms with Gasteiger partial charge in [0.05, 0.1) is 17.9 Å². The van der Waals surface area contributed by atoms with Gasteiger partial charge in [-0.1, -0.05) is 18.2 Å². The molecule has 0 saturated carbocycles. The molecule has 152 valence electrons. The Morgan fingerprint density at radius 3 is 2.83 bits per heavy atom. The van der Waals surface area contributed by atoms with Gasteiger partial charge in [0, 0.05) is 38.2 Å². The molecule has 1 aliphatic rings. The van der Waals surface area contributed by atoms with Crippen LogP contribution in [0.1, 0.15) is 46.3 Å². The maximum Gasteiger partial charge on any atom is 0.255 e. The first-order valence-corrected chi connectivity index (χ1v) is 9.79. The Balaban J connectivity index is 1.44. The first-order valence-electron chi connectivity index (χ1n) is 9.79. The number of furan rings is 1. The summed E-state index contributed by atoms with van der Waals surface area (Å²) in [6, 6.07) is 8.82. The Morgan fingerprint density at radius 2 is 2.07 bits per heavy atom. The van der Waals surface area contributed by atoms with Gasteiger partial charge in [0.25, 0.3) is 5.91 Å². The number of fused-ring (bicyclic) bond motifs is 1. The highest BCUT2D eigenvalue weighted by atomic mass is 16.3. The summed E-state index contributed by atoms with van der Waals surface area (Å²) < 4.78 is 7.31. The Labute approximate surface area is 169 Å². The average Bonchev–Trinajstić information content (AvgIpc) is 3.26. The van der Waals surface area contributed by atoms with Gasteiger partial charge in [-0.15, -0.1) is 10.2 Å². The van der Waals surface area contributed by atoms with Gasteiger partial charge in [-0.05, 0) is 26.0 Å². The summed E-state index contributed by atoms with van der Waals surface area (Å²) in [7, 11) is 0. The Bertz CT molecular complexity index is 1010. The van der Waals surface area contributed by atoms with E-state index in [1.165, 1.54) is 6.26 Å². The van der Waals surface area contributed by atoms with Crippen molar-refractivity contribution in [2.75, 3.05) is 13.1 Å². The molecule has 2 N–H and O–H groups in total. The van der Waals surface area contributed by atoms with Crippen LogP contribution in [0.15, 0.2) is 41.0 Å². The van der Waals surface area contributed by atoms with Crippen LogP contribution in [0.2, 0.25) is 0 Å². The molecule has 8 nitrogen and oxygen atoms in total. The number of phenols is 1. The molecule has 1 aliphatic heterocycles. The number of aromatic nitrogens is 3. The lowest BCUT2D eigenvalue weighted by Crippen LogP contribution is -2.30. The number of nitrogens with one attached hydrogen (secondary N) is 1. The zero-order chi connectivity index (χ0) is 20.4. The first kappa shape index (κ1) is 19.2. The molecule has 0 aliphatic carbocycles. The maximum absolute atomic E-state index is 12.5. The van der Waals surface area contributed by atoms with Gasteiger partial charge in [0.15, 0.2) is 5.82 Å². The number of aryl methyl sites for hydroxylation is 1. The van der Waals surface area contributed by atoms with Crippen LogP contribution >= 0.6 is 0 Å². The number of hydrogen-bond donors (Lipinski definition) is 2. The Morgan fingerprint density at radius 1 is 1.24 bits per heavy atom. The summed E-state index contributed by atoms with van der Waals surface area (Å²) in [4.78, 5) is 14.8. The van der Waals surface area contributed by atoms with Gasteiger partial charge < -0.3 is 19.4 Å². The number of hydrogen-bond acceptors (Lipinski definition) is 6. The van der Waals surface area contributed by atoms with Gasteiger partial charge in [-0.2, -0.15) is 0 Å². The van der Waals surface area contributed by atoms with Crippen molar-refractivity contribution in [3.63, 3.8) is 0 Å². The summed E-state index contributed by atoms with van der Waals surface area (Å²) >= 11 is 0. The molecule has 8 heteroatoms. The van der Waals surface area contributed by atoms with Crippen molar-refractivity contribution < 1.29 is 14.3 Å². The Kier molecular flexibility index (Phi) is 5.35. The molecule has 1 amide bonds. The van der Waals surface area contributed by atoms with Crippen LogP contribution in [0.25, 0.3) is 0 Å². The molecule has 29 heavy (non-hydrogen) atoms. The summed E-state index contributed by atoms with van der Waals surface area (Å²) in [6.45, 7) is 6.74. The van der Waals surface area contributed by atoms with Gasteiger partial charge in [0.1, 0.15) is 17.3 Å². The minimum absolute atomic E-state index is 0.184. The summed E-state index contributed by atoms with van der Waals surface area (Å²) in [5.74, 6) is 2.40. The predicted molar refractivity (Wildman–Crippen MR) is 106 cm³/mol. The second-order valence-corrected chi connectivity index (χ2v) is 7.37. The number of rotatable bonds is 5. The van der Waals surface area contributed by atoms with Crippen LogP contribution in [0.5, 0.6) is 5.75 Å². The molecule has 1 aromatic carbocycles. The molecular weight excluding hydrogens is 370 g/mol. The quantitative estimate of drug-likeness (QED) is 0.689. The molecule has 0 saturated heterocycles. The summed E-state index contributed by atoms with van der Waals surface area (Å²) in [5, 5.41) is 21.7. The number of nitrogens with zero attached hydrogens (tertiary/aromatic N) is 4. The monoisotopic (exact) mass is 395 g/mol. The number of para-hydroxylation sites is 1. The normalized spacial score (nSPS) is 15.5. The third-order valence-corrected chi connectivity index (χ3v) is 5.37. The molecule has 0 radical (unpaired) electrons. The molecular formula is C21H25N5O3. The van der Waals surface area contributed by atoms with E-state index in [2.05, 4.69) is 25.0 Å². The van der Waals surface area contributed by atoms with Crippen LogP contribution in [-0.4, -0.2) is 43.8 Å². The molecule has 2 aromatic heterocycles. The molecule has 1 atom stereocenters. The number of carbonyl (C=O) groups is 1.